The Hall–Kier alpha value is -1.61. The second-order valence-electron chi connectivity index (χ2n) is 4.15. The van der Waals surface area contributed by atoms with Gasteiger partial charge in [-0.15, -0.1) is 0 Å². The van der Waals surface area contributed by atoms with Crippen molar-refractivity contribution in [3.8, 4) is 11.5 Å². The normalized spacial score (nSPS) is 10.2. The summed E-state index contributed by atoms with van der Waals surface area (Å²) < 4.78 is 6.64. The fraction of sp³-hybridized carbons (Fsp3) is 0.133. The maximum absolute atomic E-state index is 11.0. The molecule has 2 aromatic rings. The lowest BCUT2D eigenvalue weighted by Gasteiger charge is -2.10. The summed E-state index contributed by atoms with van der Waals surface area (Å²) in [6.07, 6.45) is 0.794. The van der Waals surface area contributed by atoms with Gasteiger partial charge in [0.05, 0.1) is 5.56 Å². The van der Waals surface area contributed by atoms with E-state index in [0.717, 1.165) is 22.1 Å². The topological polar surface area (TPSA) is 26.3 Å². The van der Waals surface area contributed by atoms with Crippen molar-refractivity contribution in [1.29, 1.82) is 0 Å². The fourth-order valence-corrected chi connectivity index (χ4v) is 1.94. The van der Waals surface area contributed by atoms with Gasteiger partial charge in [0, 0.05) is 4.47 Å². The molecule has 0 saturated heterocycles. The summed E-state index contributed by atoms with van der Waals surface area (Å²) in [5.74, 6) is 1.29. The molecular weight excluding hydrogens is 292 g/mol. The Balaban J connectivity index is 2.35. The van der Waals surface area contributed by atoms with Crippen LogP contribution in [0.1, 0.15) is 21.5 Å². The molecule has 2 rings (SSSR count). The van der Waals surface area contributed by atoms with E-state index in [2.05, 4.69) is 22.9 Å². The quantitative estimate of drug-likeness (QED) is 0.770. The Morgan fingerprint density at radius 1 is 1.06 bits per heavy atom. The van der Waals surface area contributed by atoms with E-state index >= 15 is 0 Å². The minimum Gasteiger partial charge on any atom is -0.457 e. The number of benzene rings is 2. The zero-order valence-electron chi connectivity index (χ0n) is 10.2. The van der Waals surface area contributed by atoms with Crippen LogP contribution in [0.4, 0.5) is 0 Å². The molecule has 0 fully saturated rings. The Labute approximate surface area is 115 Å². The van der Waals surface area contributed by atoms with E-state index in [0.29, 0.717) is 11.3 Å². The predicted octanol–water partition coefficient (Wildman–Crippen LogP) is 4.67. The van der Waals surface area contributed by atoms with E-state index in [4.69, 9.17) is 4.74 Å². The first-order chi connectivity index (χ1) is 8.60. The molecule has 0 aliphatic carbocycles. The monoisotopic (exact) mass is 304 g/mol. The van der Waals surface area contributed by atoms with Crippen molar-refractivity contribution >= 4 is 22.2 Å². The van der Waals surface area contributed by atoms with Gasteiger partial charge in [-0.2, -0.15) is 0 Å². The summed E-state index contributed by atoms with van der Waals surface area (Å²) in [5.41, 5.74) is 2.92. The van der Waals surface area contributed by atoms with Gasteiger partial charge in [0.1, 0.15) is 11.5 Å². The number of carbonyl (C=O) groups is 1. The van der Waals surface area contributed by atoms with Crippen molar-refractivity contribution in [3.63, 3.8) is 0 Å². The van der Waals surface area contributed by atoms with Crippen LogP contribution >= 0.6 is 15.9 Å². The molecule has 0 N–H and O–H groups in total. The van der Waals surface area contributed by atoms with E-state index in [1.54, 1.807) is 12.1 Å². The van der Waals surface area contributed by atoms with E-state index in [9.17, 15) is 4.79 Å². The van der Waals surface area contributed by atoms with Crippen LogP contribution in [0.3, 0.4) is 0 Å². The van der Waals surface area contributed by atoms with Gasteiger partial charge in [-0.25, -0.2) is 0 Å². The molecule has 2 aromatic carbocycles. The Bertz CT molecular complexity index is 591. The van der Waals surface area contributed by atoms with Gasteiger partial charge < -0.3 is 4.74 Å². The molecule has 0 heterocycles. The first kappa shape index (κ1) is 12.8. The van der Waals surface area contributed by atoms with Crippen molar-refractivity contribution in [2.45, 2.75) is 13.8 Å². The molecule has 0 radical (unpaired) electrons. The number of aldehydes is 1. The summed E-state index contributed by atoms with van der Waals surface area (Å²) >= 11 is 3.37. The van der Waals surface area contributed by atoms with Crippen LogP contribution in [0.25, 0.3) is 0 Å². The molecule has 0 unspecified atom stereocenters. The summed E-state index contributed by atoms with van der Waals surface area (Å²) in [4.78, 5) is 11.0. The third kappa shape index (κ3) is 2.79. The highest BCUT2D eigenvalue weighted by atomic mass is 79.9. The van der Waals surface area contributed by atoms with Crippen molar-refractivity contribution in [2.75, 3.05) is 0 Å². The first-order valence-electron chi connectivity index (χ1n) is 5.60. The molecule has 0 saturated carbocycles. The molecule has 0 aliphatic heterocycles. The minimum absolute atomic E-state index is 0.538. The van der Waals surface area contributed by atoms with Gasteiger partial charge in [0.25, 0.3) is 0 Å². The third-order valence-electron chi connectivity index (χ3n) is 2.81. The number of halogens is 1. The van der Waals surface area contributed by atoms with E-state index < -0.39 is 0 Å². The molecule has 0 atom stereocenters. The molecule has 0 amide bonds. The van der Waals surface area contributed by atoms with Crippen molar-refractivity contribution in [1.82, 2.24) is 0 Å². The number of rotatable bonds is 3. The van der Waals surface area contributed by atoms with Gasteiger partial charge in [-0.05, 0) is 55.3 Å². The zero-order chi connectivity index (χ0) is 13.1. The summed E-state index contributed by atoms with van der Waals surface area (Å²) in [6, 6.07) is 11.2. The van der Waals surface area contributed by atoms with Gasteiger partial charge >= 0.3 is 0 Å². The predicted molar refractivity (Wildman–Crippen MR) is 75.5 cm³/mol. The van der Waals surface area contributed by atoms with Gasteiger partial charge in [0.2, 0.25) is 0 Å². The Morgan fingerprint density at radius 3 is 2.50 bits per heavy atom. The Kier molecular flexibility index (Phi) is 3.82. The second kappa shape index (κ2) is 5.36. The lowest BCUT2D eigenvalue weighted by atomic mass is 10.1. The highest BCUT2D eigenvalue weighted by molar-refractivity contribution is 9.10. The van der Waals surface area contributed by atoms with Crippen molar-refractivity contribution in [2.24, 2.45) is 0 Å². The highest BCUT2D eigenvalue weighted by Crippen LogP contribution is 2.28. The molecular formula is C15H13BrO2. The number of ether oxygens (including phenoxy) is 1. The van der Waals surface area contributed by atoms with Crippen LogP contribution in [0.5, 0.6) is 11.5 Å². The number of hydrogen-bond donors (Lipinski definition) is 0. The fourth-order valence-electron chi connectivity index (χ4n) is 1.60. The SMILES string of the molecule is Cc1ccc(Oc2cc(Br)ccc2C=O)cc1C. The first-order valence-corrected chi connectivity index (χ1v) is 6.39. The molecule has 0 aromatic heterocycles. The minimum atomic E-state index is 0.538. The zero-order valence-corrected chi connectivity index (χ0v) is 11.8. The number of hydrogen-bond acceptors (Lipinski definition) is 2. The second-order valence-corrected chi connectivity index (χ2v) is 5.06. The van der Waals surface area contributed by atoms with Crippen LogP contribution in [0.2, 0.25) is 0 Å². The lowest BCUT2D eigenvalue weighted by Crippen LogP contribution is -1.91. The number of carbonyl (C=O) groups excluding carboxylic acids is 1. The maximum atomic E-state index is 11.0. The maximum Gasteiger partial charge on any atom is 0.153 e. The molecule has 0 aliphatic rings. The highest BCUT2D eigenvalue weighted by Gasteiger charge is 2.06. The largest absolute Gasteiger partial charge is 0.457 e. The molecule has 0 spiro atoms. The number of aryl methyl sites for hydroxylation is 2. The molecule has 0 bridgehead atoms. The van der Waals surface area contributed by atoms with Crippen LogP contribution < -0.4 is 4.74 Å². The van der Waals surface area contributed by atoms with Crippen LogP contribution in [0, 0.1) is 13.8 Å². The Morgan fingerprint density at radius 2 is 1.83 bits per heavy atom. The van der Waals surface area contributed by atoms with Gasteiger partial charge in [-0.3, -0.25) is 4.79 Å². The van der Waals surface area contributed by atoms with Gasteiger partial charge in [0.15, 0.2) is 6.29 Å². The molecule has 92 valence electrons. The molecule has 3 heteroatoms. The summed E-state index contributed by atoms with van der Waals surface area (Å²) in [6.45, 7) is 4.08. The average Bonchev–Trinajstić information content (AvgIpc) is 2.34. The third-order valence-corrected chi connectivity index (χ3v) is 3.30. The van der Waals surface area contributed by atoms with Crippen LogP contribution in [-0.2, 0) is 0 Å². The summed E-state index contributed by atoms with van der Waals surface area (Å²) in [7, 11) is 0. The van der Waals surface area contributed by atoms with Crippen molar-refractivity contribution < 1.29 is 9.53 Å². The smallest absolute Gasteiger partial charge is 0.153 e. The standard InChI is InChI=1S/C15H13BrO2/c1-10-3-6-14(7-11(10)2)18-15-8-13(16)5-4-12(15)9-17/h3-9H,1-2H3. The molecule has 2 nitrogen and oxygen atoms in total. The van der Waals surface area contributed by atoms with Crippen molar-refractivity contribution in [3.05, 3.63) is 57.6 Å². The van der Waals surface area contributed by atoms with E-state index in [-0.39, 0.29) is 0 Å². The van der Waals surface area contributed by atoms with E-state index in [1.165, 1.54) is 5.56 Å². The van der Waals surface area contributed by atoms with Crippen LogP contribution in [0.15, 0.2) is 40.9 Å². The van der Waals surface area contributed by atoms with Crippen LogP contribution in [-0.4, -0.2) is 6.29 Å². The van der Waals surface area contributed by atoms with Gasteiger partial charge in [-0.1, -0.05) is 22.0 Å². The molecule has 18 heavy (non-hydrogen) atoms. The lowest BCUT2D eigenvalue weighted by molar-refractivity contribution is 0.112. The average molecular weight is 305 g/mol. The van der Waals surface area contributed by atoms with E-state index in [1.807, 2.05) is 31.2 Å². The summed E-state index contributed by atoms with van der Waals surface area (Å²) in [5, 5.41) is 0.